The highest BCUT2D eigenvalue weighted by Gasteiger charge is 2.05. The standard InChI is InChI=1S/C10H8N2O2/c1-6-8-3-2-7(10(13)14)4-9(8)12-5-11-6/h2-5H,1H3,(H,13,14). The number of carbonyl (C=O) groups is 1. The summed E-state index contributed by atoms with van der Waals surface area (Å²) in [6, 6.07) is 4.83. The van der Waals surface area contributed by atoms with Crippen LogP contribution < -0.4 is 0 Å². The zero-order valence-electron chi connectivity index (χ0n) is 7.56. The van der Waals surface area contributed by atoms with Gasteiger partial charge in [-0.25, -0.2) is 14.8 Å². The molecule has 0 radical (unpaired) electrons. The van der Waals surface area contributed by atoms with Crippen molar-refractivity contribution >= 4 is 16.9 Å². The maximum Gasteiger partial charge on any atom is 0.335 e. The van der Waals surface area contributed by atoms with Crippen molar-refractivity contribution in [3.05, 3.63) is 35.8 Å². The minimum Gasteiger partial charge on any atom is -0.478 e. The molecule has 0 amide bonds. The summed E-state index contributed by atoms with van der Waals surface area (Å²) >= 11 is 0. The van der Waals surface area contributed by atoms with Gasteiger partial charge in [0.05, 0.1) is 11.1 Å². The fourth-order valence-electron chi connectivity index (χ4n) is 1.32. The minimum atomic E-state index is -0.942. The van der Waals surface area contributed by atoms with E-state index in [1.54, 1.807) is 18.2 Å². The normalized spacial score (nSPS) is 10.4. The van der Waals surface area contributed by atoms with Gasteiger partial charge in [-0.15, -0.1) is 0 Å². The molecule has 2 aromatic rings. The van der Waals surface area contributed by atoms with Crippen molar-refractivity contribution in [2.45, 2.75) is 6.92 Å². The fourth-order valence-corrected chi connectivity index (χ4v) is 1.32. The van der Waals surface area contributed by atoms with Crippen LogP contribution in [0.1, 0.15) is 16.1 Å². The van der Waals surface area contributed by atoms with Crippen LogP contribution in [0.15, 0.2) is 24.5 Å². The van der Waals surface area contributed by atoms with Crippen molar-refractivity contribution in [2.24, 2.45) is 0 Å². The summed E-state index contributed by atoms with van der Waals surface area (Å²) in [5.74, 6) is -0.942. The molecular weight excluding hydrogens is 180 g/mol. The Hall–Kier alpha value is -1.97. The number of aromatic nitrogens is 2. The Balaban J connectivity index is 2.73. The lowest BCUT2D eigenvalue weighted by Gasteiger charge is -2.00. The summed E-state index contributed by atoms with van der Waals surface area (Å²) in [5, 5.41) is 9.66. The summed E-state index contributed by atoms with van der Waals surface area (Å²) in [4.78, 5) is 18.7. The van der Waals surface area contributed by atoms with E-state index in [0.717, 1.165) is 11.1 Å². The maximum absolute atomic E-state index is 10.7. The highest BCUT2D eigenvalue weighted by atomic mass is 16.4. The van der Waals surface area contributed by atoms with Crippen molar-refractivity contribution in [3.8, 4) is 0 Å². The minimum absolute atomic E-state index is 0.246. The number of carboxylic acids is 1. The molecule has 0 saturated carbocycles. The summed E-state index contributed by atoms with van der Waals surface area (Å²) < 4.78 is 0. The van der Waals surface area contributed by atoms with Gasteiger partial charge in [-0.3, -0.25) is 0 Å². The number of hydrogen-bond donors (Lipinski definition) is 1. The molecule has 70 valence electrons. The first kappa shape index (κ1) is 8.62. The molecule has 0 aliphatic rings. The Labute approximate surface area is 80.2 Å². The third-order valence-corrected chi connectivity index (χ3v) is 2.08. The van der Waals surface area contributed by atoms with Gasteiger partial charge in [-0.1, -0.05) is 6.07 Å². The topological polar surface area (TPSA) is 63.1 Å². The Kier molecular flexibility index (Phi) is 1.89. The maximum atomic E-state index is 10.7. The third kappa shape index (κ3) is 1.31. The number of carboxylic acid groups (broad SMARTS) is 1. The van der Waals surface area contributed by atoms with E-state index in [-0.39, 0.29) is 5.56 Å². The van der Waals surface area contributed by atoms with E-state index in [1.807, 2.05) is 6.92 Å². The molecule has 0 fully saturated rings. The molecule has 0 aliphatic carbocycles. The van der Waals surface area contributed by atoms with Crippen LogP contribution in [-0.4, -0.2) is 21.0 Å². The highest BCUT2D eigenvalue weighted by Crippen LogP contribution is 2.15. The molecule has 0 spiro atoms. The Morgan fingerprint density at radius 1 is 1.36 bits per heavy atom. The summed E-state index contributed by atoms with van der Waals surface area (Å²) in [6.07, 6.45) is 1.43. The van der Waals surface area contributed by atoms with Crippen LogP contribution in [0.5, 0.6) is 0 Å². The molecule has 1 aromatic heterocycles. The summed E-state index contributed by atoms with van der Waals surface area (Å²) in [5.41, 5.74) is 1.76. The van der Waals surface area contributed by atoms with E-state index < -0.39 is 5.97 Å². The van der Waals surface area contributed by atoms with E-state index in [0.29, 0.717) is 5.52 Å². The Morgan fingerprint density at radius 3 is 2.86 bits per heavy atom. The first-order valence-electron chi connectivity index (χ1n) is 4.13. The van der Waals surface area contributed by atoms with Crippen molar-refractivity contribution in [1.82, 2.24) is 9.97 Å². The lowest BCUT2D eigenvalue weighted by molar-refractivity contribution is 0.0697. The SMILES string of the molecule is Cc1ncnc2cc(C(=O)O)ccc12. The number of aromatic carboxylic acids is 1. The molecule has 0 saturated heterocycles. The molecule has 1 N–H and O–H groups in total. The first-order chi connectivity index (χ1) is 6.68. The molecule has 14 heavy (non-hydrogen) atoms. The first-order valence-corrected chi connectivity index (χ1v) is 4.13. The summed E-state index contributed by atoms with van der Waals surface area (Å²) in [7, 11) is 0. The van der Waals surface area contributed by atoms with Crippen LogP contribution in [0, 0.1) is 6.92 Å². The van der Waals surface area contributed by atoms with Crippen LogP contribution in [0.3, 0.4) is 0 Å². The average molecular weight is 188 g/mol. The predicted octanol–water partition coefficient (Wildman–Crippen LogP) is 1.64. The number of fused-ring (bicyclic) bond motifs is 1. The van der Waals surface area contributed by atoms with Gasteiger partial charge >= 0.3 is 5.97 Å². The zero-order chi connectivity index (χ0) is 10.1. The number of hydrogen-bond acceptors (Lipinski definition) is 3. The molecule has 4 heteroatoms. The van der Waals surface area contributed by atoms with Crippen LogP contribution in [-0.2, 0) is 0 Å². The molecule has 0 unspecified atom stereocenters. The van der Waals surface area contributed by atoms with Gasteiger partial charge < -0.3 is 5.11 Å². The largest absolute Gasteiger partial charge is 0.478 e. The fraction of sp³-hybridized carbons (Fsp3) is 0.100. The molecule has 1 heterocycles. The number of nitrogens with zero attached hydrogens (tertiary/aromatic N) is 2. The van der Waals surface area contributed by atoms with Crippen molar-refractivity contribution in [2.75, 3.05) is 0 Å². The highest BCUT2D eigenvalue weighted by molar-refractivity contribution is 5.93. The second-order valence-electron chi connectivity index (χ2n) is 3.00. The summed E-state index contributed by atoms with van der Waals surface area (Å²) in [6.45, 7) is 1.87. The average Bonchev–Trinajstić information content (AvgIpc) is 2.17. The van der Waals surface area contributed by atoms with E-state index in [4.69, 9.17) is 5.11 Å². The number of rotatable bonds is 1. The smallest absolute Gasteiger partial charge is 0.335 e. The second-order valence-corrected chi connectivity index (χ2v) is 3.00. The molecule has 1 aromatic carbocycles. The van der Waals surface area contributed by atoms with Crippen LogP contribution in [0.4, 0.5) is 0 Å². The number of benzene rings is 1. The van der Waals surface area contributed by atoms with Crippen molar-refractivity contribution in [3.63, 3.8) is 0 Å². The van der Waals surface area contributed by atoms with Gasteiger partial charge in [0.15, 0.2) is 0 Å². The van der Waals surface area contributed by atoms with Gasteiger partial charge in [0.2, 0.25) is 0 Å². The van der Waals surface area contributed by atoms with Gasteiger partial charge in [0.1, 0.15) is 6.33 Å². The van der Waals surface area contributed by atoms with Gasteiger partial charge in [-0.2, -0.15) is 0 Å². The van der Waals surface area contributed by atoms with Crippen LogP contribution in [0.2, 0.25) is 0 Å². The van der Waals surface area contributed by atoms with Crippen molar-refractivity contribution in [1.29, 1.82) is 0 Å². The predicted molar refractivity (Wildman–Crippen MR) is 51.2 cm³/mol. The molecule has 0 bridgehead atoms. The van der Waals surface area contributed by atoms with E-state index >= 15 is 0 Å². The Morgan fingerprint density at radius 2 is 2.14 bits per heavy atom. The van der Waals surface area contributed by atoms with E-state index in [9.17, 15) is 4.79 Å². The second kappa shape index (κ2) is 3.06. The van der Waals surface area contributed by atoms with Crippen LogP contribution >= 0.6 is 0 Å². The zero-order valence-corrected chi connectivity index (χ0v) is 7.56. The molecule has 0 atom stereocenters. The molecule has 0 aliphatic heterocycles. The quantitative estimate of drug-likeness (QED) is 0.738. The molecule has 2 rings (SSSR count). The van der Waals surface area contributed by atoms with Crippen LogP contribution in [0.25, 0.3) is 10.9 Å². The Bertz CT molecular complexity index is 508. The number of aryl methyl sites for hydroxylation is 1. The van der Waals surface area contributed by atoms with Gasteiger partial charge in [0.25, 0.3) is 0 Å². The lowest BCUT2D eigenvalue weighted by Crippen LogP contribution is -1.96. The van der Waals surface area contributed by atoms with Gasteiger partial charge in [0, 0.05) is 11.1 Å². The monoisotopic (exact) mass is 188 g/mol. The van der Waals surface area contributed by atoms with Gasteiger partial charge in [-0.05, 0) is 19.1 Å². The molecule has 4 nitrogen and oxygen atoms in total. The van der Waals surface area contributed by atoms with Crippen molar-refractivity contribution < 1.29 is 9.90 Å². The third-order valence-electron chi connectivity index (χ3n) is 2.08. The lowest BCUT2D eigenvalue weighted by atomic mass is 10.1. The molecular formula is C10H8N2O2. The van der Waals surface area contributed by atoms with E-state index in [1.165, 1.54) is 6.33 Å². The van der Waals surface area contributed by atoms with E-state index in [2.05, 4.69) is 9.97 Å².